The number of thiocarbonyl (C=S) groups is 1. The van der Waals surface area contributed by atoms with E-state index in [0.717, 1.165) is 5.56 Å². The average Bonchev–Trinajstić information content (AvgIpc) is 2.58. The summed E-state index contributed by atoms with van der Waals surface area (Å²) in [4.78, 5) is 0. The smallest absolute Gasteiger partial charge is 0.184 e. The molecular weight excluding hydrogens is 405 g/mol. The van der Waals surface area contributed by atoms with E-state index in [-0.39, 0.29) is 11.7 Å². The molecule has 3 N–H and O–H groups in total. The van der Waals surface area contributed by atoms with E-state index in [1.807, 2.05) is 0 Å². The molecule has 5 nitrogen and oxygen atoms in total. The van der Waals surface area contributed by atoms with Crippen molar-refractivity contribution in [2.45, 2.75) is 6.61 Å². The number of hydrazone groups is 1. The second-order valence-electron chi connectivity index (χ2n) is 4.75. The lowest BCUT2D eigenvalue weighted by molar-refractivity contribution is 0.284. The fourth-order valence-corrected chi connectivity index (χ4v) is 2.61. The first-order valence-electron chi connectivity index (χ1n) is 6.94. The molecule has 9 heteroatoms. The second kappa shape index (κ2) is 9.10. The van der Waals surface area contributed by atoms with Gasteiger partial charge in [0.15, 0.2) is 16.6 Å². The van der Waals surface area contributed by atoms with Crippen LogP contribution >= 0.6 is 47.0 Å². The molecule has 0 bridgehead atoms. The van der Waals surface area contributed by atoms with E-state index in [2.05, 4.69) is 22.7 Å². The molecule has 0 aliphatic carbocycles. The van der Waals surface area contributed by atoms with Crippen LogP contribution in [0.15, 0.2) is 35.4 Å². The van der Waals surface area contributed by atoms with Crippen LogP contribution in [0.3, 0.4) is 0 Å². The Kier molecular flexibility index (Phi) is 7.13. The zero-order valence-electron chi connectivity index (χ0n) is 13.1. The molecule has 0 saturated heterocycles. The molecule has 0 saturated carbocycles. The summed E-state index contributed by atoms with van der Waals surface area (Å²) in [5.74, 6) is 1.04. The molecule has 0 aliphatic rings. The fourth-order valence-electron chi connectivity index (χ4n) is 1.91. The SMILES string of the molecule is COc1cc(/C=N/NC(N)=S)ccc1OCc1c(Cl)ccc(Cl)c1Cl. The van der Waals surface area contributed by atoms with Crippen LogP contribution in [0.4, 0.5) is 0 Å². The summed E-state index contributed by atoms with van der Waals surface area (Å²) in [6, 6.07) is 8.59. The highest BCUT2D eigenvalue weighted by Gasteiger charge is 2.12. The van der Waals surface area contributed by atoms with Crippen LogP contribution in [0.5, 0.6) is 11.5 Å². The third kappa shape index (κ3) is 5.37. The van der Waals surface area contributed by atoms with Crippen LogP contribution in [0.1, 0.15) is 11.1 Å². The number of ether oxygens (including phenoxy) is 2. The van der Waals surface area contributed by atoms with Crippen molar-refractivity contribution in [2.75, 3.05) is 7.11 Å². The Morgan fingerprint density at radius 2 is 1.92 bits per heavy atom. The minimum atomic E-state index is 0.0819. The van der Waals surface area contributed by atoms with Gasteiger partial charge in [-0.2, -0.15) is 5.10 Å². The van der Waals surface area contributed by atoms with Crippen LogP contribution in [0.2, 0.25) is 15.1 Å². The molecular formula is C16H14Cl3N3O2S. The van der Waals surface area contributed by atoms with Crippen LogP contribution in [-0.4, -0.2) is 18.4 Å². The van der Waals surface area contributed by atoms with Gasteiger partial charge in [-0.05, 0) is 48.1 Å². The topological polar surface area (TPSA) is 68.9 Å². The first-order valence-corrected chi connectivity index (χ1v) is 8.48. The maximum atomic E-state index is 6.17. The average molecular weight is 419 g/mol. The second-order valence-corrected chi connectivity index (χ2v) is 6.39. The Balaban J connectivity index is 2.16. The number of nitrogens with zero attached hydrogens (tertiary/aromatic N) is 1. The molecule has 0 radical (unpaired) electrons. The number of nitrogens with two attached hydrogens (primary N) is 1. The van der Waals surface area contributed by atoms with Gasteiger partial charge in [-0.25, -0.2) is 0 Å². The van der Waals surface area contributed by atoms with Crippen molar-refractivity contribution < 1.29 is 9.47 Å². The largest absolute Gasteiger partial charge is 0.493 e. The van der Waals surface area contributed by atoms with E-state index in [1.54, 1.807) is 36.5 Å². The van der Waals surface area contributed by atoms with Crippen molar-refractivity contribution in [3.05, 3.63) is 56.5 Å². The molecule has 2 aromatic carbocycles. The van der Waals surface area contributed by atoms with Gasteiger partial charge < -0.3 is 15.2 Å². The molecule has 132 valence electrons. The van der Waals surface area contributed by atoms with Crippen LogP contribution in [0.25, 0.3) is 0 Å². The molecule has 0 heterocycles. The van der Waals surface area contributed by atoms with E-state index in [4.69, 9.17) is 50.0 Å². The van der Waals surface area contributed by atoms with Crippen molar-refractivity contribution >= 4 is 58.3 Å². The van der Waals surface area contributed by atoms with Crippen molar-refractivity contribution in [1.29, 1.82) is 0 Å². The van der Waals surface area contributed by atoms with Crippen molar-refractivity contribution in [3.63, 3.8) is 0 Å². The van der Waals surface area contributed by atoms with E-state index < -0.39 is 0 Å². The van der Waals surface area contributed by atoms with Crippen LogP contribution < -0.4 is 20.6 Å². The first kappa shape index (κ1) is 19.6. The zero-order valence-corrected chi connectivity index (χ0v) is 16.1. The first-order chi connectivity index (χ1) is 11.9. The van der Waals surface area contributed by atoms with Crippen LogP contribution in [0, 0.1) is 0 Å². The van der Waals surface area contributed by atoms with Gasteiger partial charge in [0.1, 0.15) is 6.61 Å². The Morgan fingerprint density at radius 3 is 2.60 bits per heavy atom. The lowest BCUT2D eigenvalue weighted by atomic mass is 10.2. The Labute approximate surface area is 165 Å². The number of benzene rings is 2. The monoisotopic (exact) mass is 417 g/mol. The summed E-state index contributed by atoms with van der Waals surface area (Å²) >= 11 is 23.0. The quantitative estimate of drug-likeness (QED) is 0.315. The standard InChI is InChI=1S/C16H14Cl3N3O2S/c1-23-14-6-9(7-21-22-16(20)25)2-5-13(14)24-8-10-11(17)3-4-12(18)15(10)19/h2-7H,8H2,1H3,(H3,20,22,25)/b21-7+. The van der Waals surface area contributed by atoms with Gasteiger partial charge in [0, 0.05) is 10.6 Å². The molecule has 0 fully saturated rings. The summed E-state index contributed by atoms with van der Waals surface area (Å²) in [5, 5.41) is 5.21. The molecule has 0 spiro atoms. The summed E-state index contributed by atoms with van der Waals surface area (Å²) in [7, 11) is 1.54. The van der Waals surface area contributed by atoms with Crippen molar-refractivity contribution in [1.82, 2.24) is 5.43 Å². The van der Waals surface area contributed by atoms with Crippen LogP contribution in [-0.2, 0) is 6.61 Å². The fraction of sp³-hybridized carbons (Fsp3) is 0.125. The third-order valence-corrected chi connectivity index (χ3v) is 4.38. The Bertz CT molecular complexity index is 815. The highest BCUT2D eigenvalue weighted by molar-refractivity contribution is 7.80. The summed E-state index contributed by atoms with van der Waals surface area (Å²) in [5.41, 5.74) is 9.14. The normalized spacial score (nSPS) is 10.7. The van der Waals surface area contributed by atoms with Crippen molar-refractivity contribution in [2.24, 2.45) is 10.8 Å². The van der Waals surface area contributed by atoms with Gasteiger partial charge in [-0.15, -0.1) is 0 Å². The molecule has 2 rings (SSSR count). The maximum Gasteiger partial charge on any atom is 0.184 e. The maximum absolute atomic E-state index is 6.17. The number of halogens is 3. The molecule has 0 aliphatic heterocycles. The minimum Gasteiger partial charge on any atom is -0.493 e. The highest BCUT2D eigenvalue weighted by Crippen LogP contribution is 2.34. The molecule has 2 aromatic rings. The Morgan fingerprint density at radius 1 is 1.20 bits per heavy atom. The number of nitrogens with one attached hydrogen (secondary N) is 1. The number of rotatable bonds is 6. The van der Waals surface area contributed by atoms with E-state index in [1.165, 1.54) is 7.11 Å². The minimum absolute atomic E-state index is 0.0819. The highest BCUT2D eigenvalue weighted by atomic mass is 35.5. The van der Waals surface area contributed by atoms with Gasteiger partial charge in [0.2, 0.25) is 0 Å². The van der Waals surface area contributed by atoms with Gasteiger partial charge in [-0.3, -0.25) is 5.43 Å². The molecule has 0 atom stereocenters. The molecule has 0 aromatic heterocycles. The Hall–Kier alpha value is -1.73. The lowest BCUT2D eigenvalue weighted by Gasteiger charge is -2.13. The molecule has 0 amide bonds. The van der Waals surface area contributed by atoms with E-state index in [0.29, 0.717) is 32.1 Å². The van der Waals surface area contributed by atoms with E-state index in [9.17, 15) is 0 Å². The summed E-state index contributed by atoms with van der Waals surface area (Å²) in [6.07, 6.45) is 1.55. The summed E-state index contributed by atoms with van der Waals surface area (Å²) in [6.45, 7) is 0.144. The zero-order chi connectivity index (χ0) is 18.4. The number of methoxy groups -OCH3 is 1. The third-order valence-electron chi connectivity index (χ3n) is 3.09. The molecule has 0 unspecified atom stereocenters. The summed E-state index contributed by atoms with van der Waals surface area (Å²) < 4.78 is 11.1. The number of hydrogen-bond donors (Lipinski definition) is 2. The van der Waals surface area contributed by atoms with Gasteiger partial charge in [-0.1, -0.05) is 34.8 Å². The van der Waals surface area contributed by atoms with Crippen molar-refractivity contribution in [3.8, 4) is 11.5 Å². The predicted molar refractivity (Wildman–Crippen MR) is 106 cm³/mol. The predicted octanol–water partition coefficient (Wildman–Crippen LogP) is 4.40. The lowest BCUT2D eigenvalue weighted by Crippen LogP contribution is -2.23. The van der Waals surface area contributed by atoms with E-state index >= 15 is 0 Å². The van der Waals surface area contributed by atoms with Gasteiger partial charge in [0.05, 0.1) is 23.4 Å². The molecule has 25 heavy (non-hydrogen) atoms. The number of hydrogen-bond acceptors (Lipinski definition) is 4. The van der Waals surface area contributed by atoms with Gasteiger partial charge >= 0.3 is 0 Å². The van der Waals surface area contributed by atoms with Gasteiger partial charge in [0.25, 0.3) is 0 Å².